The van der Waals surface area contributed by atoms with Gasteiger partial charge in [0.1, 0.15) is 5.60 Å². The van der Waals surface area contributed by atoms with Gasteiger partial charge in [0.2, 0.25) is 0 Å². The van der Waals surface area contributed by atoms with Crippen molar-refractivity contribution in [2.75, 3.05) is 12.4 Å². The third kappa shape index (κ3) is 6.81. The lowest BCUT2D eigenvalue weighted by molar-refractivity contribution is -0.137. The molecule has 0 aliphatic heterocycles. The Balaban J connectivity index is 1.98. The zero-order valence-electron chi connectivity index (χ0n) is 16.6. The number of carbonyl (C=O) groups excluding carboxylic acids is 2. The highest BCUT2D eigenvalue weighted by Gasteiger charge is 2.30. The molecule has 1 N–H and O–H groups in total. The molecule has 0 atom stereocenters. The van der Waals surface area contributed by atoms with Gasteiger partial charge in [0.25, 0.3) is 5.91 Å². The number of nitrogens with one attached hydrogen (secondary N) is 1. The maximum absolute atomic E-state index is 12.6. The van der Waals surface area contributed by atoms with Crippen molar-refractivity contribution in [3.05, 3.63) is 65.2 Å². The lowest BCUT2D eigenvalue weighted by Gasteiger charge is -2.20. The van der Waals surface area contributed by atoms with E-state index >= 15 is 0 Å². The van der Waals surface area contributed by atoms with Crippen molar-refractivity contribution in [2.24, 2.45) is 0 Å². The van der Waals surface area contributed by atoms with Gasteiger partial charge in [-0.2, -0.15) is 13.2 Å². The first-order chi connectivity index (χ1) is 13.3. The first-order valence-corrected chi connectivity index (χ1v) is 8.87. The molecule has 0 spiro atoms. The molecule has 0 heterocycles. The summed E-state index contributed by atoms with van der Waals surface area (Å²) in [6, 6.07) is 10.9. The van der Waals surface area contributed by atoms with E-state index in [1.807, 2.05) is 0 Å². The van der Waals surface area contributed by atoms with E-state index in [0.29, 0.717) is 16.8 Å². The number of amides is 2. The van der Waals surface area contributed by atoms with Gasteiger partial charge in [-0.15, -0.1) is 0 Å². The summed E-state index contributed by atoms with van der Waals surface area (Å²) >= 11 is 0. The highest BCUT2D eigenvalue weighted by molar-refractivity contribution is 5.95. The van der Waals surface area contributed by atoms with Gasteiger partial charge in [0, 0.05) is 24.8 Å². The summed E-state index contributed by atoms with van der Waals surface area (Å²) < 4.78 is 43.0. The van der Waals surface area contributed by atoms with E-state index < -0.39 is 23.4 Å². The predicted molar refractivity (Wildman–Crippen MR) is 104 cm³/mol. The number of nitrogens with zero attached hydrogens (tertiary/aromatic N) is 1. The molecule has 0 aromatic heterocycles. The van der Waals surface area contributed by atoms with E-state index in [1.54, 1.807) is 52.1 Å². The van der Waals surface area contributed by atoms with Crippen LogP contribution >= 0.6 is 0 Å². The largest absolute Gasteiger partial charge is 0.444 e. The van der Waals surface area contributed by atoms with Crippen LogP contribution in [-0.4, -0.2) is 29.5 Å². The van der Waals surface area contributed by atoms with Gasteiger partial charge in [-0.05, 0) is 62.7 Å². The monoisotopic (exact) mass is 408 g/mol. The molecule has 8 heteroatoms. The molecule has 0 unspecified atom stereocenters. The molecule has 0 radical (unpaired) electrons. The summed E-state index contributed by atoms with van der Waals surface area (Å²) in [4.78, 5) is 25.7. The SMILES string of the molecule is CN(Cc1ccc(C(F)(F)F)cc1)C(=O)c1ccc(NC(=O)OC(C)(C)C)cc1. The normalized spacial score (nSPS) is 11.7. The molecular weight excluding hydrogens is 385 g/mol. The van der Waals surface area contributed by atoms with E-state index in [1.165, 1.54) is 17.0 Å². The molecule has 2 amide bonds. The minimum Gasteiger partial charge on any atom is -0.444 e. The van der Waals surface area contributed by atoms with Gasteiger partial charge >= 0.3 is 12.3 Å². The van der Waals surface area contributed by atoms with Crippen molar-refractivity contribution in [3.8, 4) is 0 Å². The second kappa shape index (κ2) is 8.55. The van der Waals surface area contributed by atoms with E-state index in [9.17, 15) is 22.8 Å². The Morgan fingerprint density at radius 3 is 2.00 bits per heavy atom. The number of carbonyl (C=O) groups is 2. The Morgan fingerprint density at radius 2 is 1.52 bits per heavy atom. The van der Waals surface area contributed by atoms with Crippen molar-refractivity contribution in [1.82, 2.24) is 4.90 Å². The summed E-state index contributed by atoms with van der Waals surface area (Å²) in [6.45, 7) is 5.41. The molecule has 0 fully saturated rings. The fraction of sp³-hybridized carbons (Fsp3) is 0.333. The molecule has 0 bridgehead atoms. The van der Waals surface area contributed by atoms with Crippen LogP contribution in [0.3, 0.4) is 0 Å². The van der Waals surface area contributed by atoms with Crippen molar-refractivity contribution in [1.29, 1.82) is 0 Å². The Kier molecular flexibility index (Phi) is 6.56. The number of alkyl halides is 3. The number of ether oxygens (including phenoxy) is 1. The molecule has 5 nitrogen and oxygen atoms in total. The quantitative estimate of drug-likeness (QED) is 0.744. The summed E-state index contributed by atoms with van der Waals surface area (Å²) in [7, 11) is 1.56. The van der Waals surface area contributed by atoms with Crippen LogP contribution in [0.5, 0.6) is 0 Å². The molecule has 156 valence electrons. The van der Waals surface area contributed by atoms with Crippen molar-refractivity contribution in [2.45, 2.75) is 39.1 Å². The Hall–Kier alpha value is -3.03. The molecule has 0 saturated heterocycles. The standard InChI is InChI=1S/C21H23F3N2O3/c1-20(2,3)29-19(28)25-17-11-7-15(8-12-17)18(27)26(4)13-14-5-9-16(10-6-14)21(22,23)24/h5-12H,13H2,1-4H3,(H,25,28). The fourth-order valence-electron chi connectivity index (χ4n) is 2.48. The summed E-state index contributed by atoms with van der Waals surface area (Å²) in [5, 5.41) is 2.57. The first-order valence-electron chi connectivity index (χ1n) is 8.87. The number of anilines is 1. The second-order valence-corrected chi connectivity index (χ2v) is 7.56. The smallest absolute Gasteiger partial charge is 0.416 e. The van der Waals surface area contributed by atoms with Gasteiger partial charge in [-0.3, -0.25) is 10.1 Å². The third-order valence-corrected chi connectivity index (χ3v) is 3.82. The highest BCUT2D eigenvalue weighted by atomic mass is 19.4. The summed E-state index contributed by atoms with van der Waals surface area (Å²) in [5.41, 5.74) is 0.0804. The van der Waals surface area contributed by atoms with Crippen LogP contribution in [0.15, 0.2) is 48.5 Å². The molecule has 29 heavy (non-hydrogen) atoms. The van der Waals surface area contributed by atoms with Crippen LogP contribution in [0, 0.1) is 0 Å². The summed E-state index contributed by atoms with van der Waals surface area (Å²) in [5.74, 6) is -0.297. The van der Waals surface area contributed by atoms with E-state index in [4.69, 9.17) is 4.74 Å². The van der Waals surface area contributed by atoms with Crippen LogP contribution < -0.4 is 5.32 Å². The van der Waals surface area contributed by atoms with Crippen molar-refractivity contribution < 1.29 is 27.5 Å². The lowest BCUT2D eigenvalue weighted by Crippen LogP contribution is -2.27. The van der Waals surface area contributed by atoms with Gasteiger partial charge in [0.05, 0.1) is 5.56 Å². The van der Waals surface area contributed by atoms with Gasteiger partial charge in [0.15, 0.2) is 0 Å². The lowest BCUT2D eigenvalue weighted by atomic mass is 10.1. The molecule has 2 aromatic rings. The Bertz CT molecular complexity index is 855. The number of benzene rings is 2. The average molecular weight is 408 g/mol. The van der Waals surface area contributed by atoms with E-state index in [-0.39, 0.29) is 12.5 Å². The van der Waals surface area contributed by atoms with Crippen LogP contribution in [0.25, 0.3) is 0 Å². The van der Waals surface area contributed by atoms with E-state index in [0.717, 1.165) is 12.1 Å². The molecular formula is C21H23F3N2O3. The number of hydrogen-bond donors (Lipinski definition) is 1. The second-order valence-electron chi connectivity index (χ2n) is 7.56. The fourth-order valence-corrected chi connectivity index (χ4v) is 2.48. The zero-order valence-corrected chi connectivity index (χ0v) is 16.6. The van der Waals surface area contributed by atoms with Crippen molar-refractivity contribution in [3.63, 3.8) is 0 Å². The molecule has 0 aliphatic rings. The Morgan fingerprint density at radius 1 is 0.966 bits per heavy atom. The summed E-state index contributed by atoms with van der Waals surface area (Å²) in [6.07, 6.45) is -4.99. The van der Waals surface area contributed by atoms with E-state index in [2.05, 4.69) is 5.32 Å². The molecule has 0 aliphatic carbocycles. The first kappa shape index (κ1) is 22.3. The number of rotatable bonds is 4. The van der Waals surface area contributed by atoms with Crippen LogP contribution in [0.4, 0.5) is 23.7 Å². The topological polar surface area (TPSA) is 58.6 Å². The third-order valence-electron chi connectivity index (χ3n) is 3.82. The predicted octanol–water partition coefficient (Wildman–Crippen LogP) is 5.32. The minimum atomic E-state index is -4.39. The van der Waals surface area contributed by atoms with Crippen molar-refractivity contribution >= 4 is 17.7 Å². The minimum absolute atomic E-state index is 0.162. The number of halogens is 3. The zero-order chi connectivity index (χ0) is 21.8. The average Bonchev–Trinajstić information content (AvgIpc) is 2.59. The number of hydrogen-bond acceptors (Lipinski definition) is 3. The van der Waals surface area contributed by atoms with Crippen LogP contribution in [-0.2, 0) is 17.5 Å². The van der Waals surface area contributed by atoms with Gasteiger partial charge < -0.3 is 9.64 Å². The molecule has 2 rings (SSSR count). The maximum atomic E-state index is 12.6. The maximum Gasteiger partial charge on any atom is 0.416 e. The Labute approximate surface area is 167 Å². The van der Waals surface area contributed by atoms with Crippen LogP contribution in [0.2, 0.25) is 0 Å². The highest BCUT2D eigenvalue weighted by Crippen LogP contribution is 2.29. The van der Waals surface area contributed by atoms with Gasteiger partial charge in [-0.25, -0.2) is 4.79 Å². The van der Waals surface area contributed by atoms with Crippen LogP contribution in [0.1, 0.15) is 42.3 Å². The molecule has 2 aromatic carbocycles. The molecule has 0 saturated carbocycles. The van der Waals surface area contributed by atoms with Gasteiger partial charge in [-0.1, -0.05) is 12.1 Å².